The number of aromatic nitrogens is 1. The zero-order valence-electron chi connectivity index (χ0n) is 26.5. The van der Waals surface area contributed by atoms with E-state index in [2.05, 4.69) is 45.6 Å². The Morgan fingerprint density at radius 2 is 1.44 bits per heavy atom. The molecule has 1 heterocycles. The normalized spacial score (nSPS) is 11.3. The lowest BCUT2D eigenvalue weighted by Gasteiger charge is -2.12. The Bertz CT molecular complexity index is 2120. The van der Waals surface area contributed by atoms with Gasteiger partial charge in [-0.2, -0.15) is 0 Å². The molecule has 3 N–H and O–H groups in total. The molecule has 0 aliphatic carbocycles. The van der Waals surface area contributed by atoms with E-state index in [9.17, 15) is 14.4 Å². The number of rotatable bonds is 11. The van der Waals surface area contributed by atoms with Crippen molar-refractivity contribution in [3.63, 3.8) is 0 Å². The fraction of sp³-hybridized carbons (Fsp3) is 0.103. The van der Waals surface area contributed by atoms with E-state index in [1.807, 2.05) is 42.5 Å². The van der Waals surface area contributed by atoms with Crippen LogP contribution in [-0.4, -0.2) is 35.2 Å². The molecule has 0 spiro atoms. The molecule has 3 amide bonds. The van der Waals surface area contributed by atoms with E-state index in [1.54, 1.807) is 73.8 Å². The number of hydrogen-bond donors (Lipinski definition) is 3. The molecule has 9 heteroatoms. The van der Waals surface area contributed by atoms with Crippen molar-refractivity contribution in [2.45, 2.75) is 18.4 Å². The Morgan fingerprint density at radius 3 is 2.17 bits per heavy atom. The fourth-order valence-corrected chi connectivity index (χ4v) is 6.16. The highest BCUT2D eigenvalue weighted by Gasteiger charge is 2.16. The Balaban J connectivity index is 1.09. The zero-order chi connectivity index (χ0) is 33.5. The van der Waals surface area contributed by atoms with E-state index in [-0.39, 0.29) is 17.4 Å². The second-order valence-electron chi connectivity index (χ2n) is 11.0. The lowest BCUT2D eigenvalue weighted by Crippen LogP contribution is -2.30. The third kappa shape index (κ3) is 7.43. The molecule has 6 aromatic rings. The van der Waals surface area contributed by atoms with Crippen molar-refractivity contribution in [3.05, 3.63) is 138 Å². The number of ether oxygens (including phenoxy) is 1. The van der Waals surface area contributed by atoms with Crippen molar-refractivity contribution < 1.29 is 19.1 Å². The van der Waals surface area contributed by atoms with Gasteiger partial charge in [-0.15, -0.1) is 11.8 Å². The van der Waals surface area contributed by atoms with Gasteiger partial charge in [0.15, 0.2) is 0 Å². The number of thioether (sulfide) groups is 1. The van der Waals surface area contributed by atoms with Crippen molar-refractivity contribution in [3.8, 4) is 5.75 Å². The van der Waals surface area contributed by atoms with Gasteiger partial charge in [-0.25, -0.2) is 0 Å². The third-order valence-corrected chi connectivity index (χ3v) is 8.82. The molecule has 0 radical (unpaired) electrons. The predicted octanol–water partition coefficient (Wildman–Crippen LogP) is 7.96. The Hall–Kier alpha value is -5.80. The number of aryl methyl sites for hydroxylation is 1. The largest absolute Gasteiger partial charge is 0.497 e. The molecule has 0 atom stereocenters. The maximum atomic E-state index is 13.4. The highest BCUT2D eigenvalue weighted by Crippen LogP contribution is 2.31. The first-order valence-electron chi connectivity index (χ1n) is 15.5. The summed E-state index contributed by atoms with van der Waals surface area (Å²) in [7, 11) is 1.58. The molecular weight excluding hydrogens is 621 g/mol. The molecule has 5 aromatic carbocycles. The smallest absolute Gasteiger partial charge is 0.272 e. The lowest BCUT2D eigenvalue weighted by atomic mass is 10.1. The Morgan fingerprint density at radius 1 is 0.750 bits per heavy atom. The van der Waals surface area contributed by atoms with Gasteiger partial charge in [0.2, 0.25) is 5.91 Å². The van der Waals surface area contributed by atoms with E-state index in [1.165, 1.54) is 17.3 Å². The van der Waals surface area contributed by atoms with Gasteiger partial charge in [-0.1, -0.05) is 48.5 Å². The molecule has 0 bridgehead atoms. The molecule has 0 aliphatic rings. The van der Waals surface area contributed by atoms with Crippen molar-refractivity contribution in [1.82, 2.24) is 9.88 Å². The van der Waals surface area contributed by atoms with E-state index in [4.69, 9.17) is 4.74 Å². The molecule has 0 unspecified atom stereocenters. The molecule has 6 rings (SSSR count). The number of nitrogens with one attached hydrogen (secondary N) is 3. The minimum absolute atomic E-state index is 0.0848. The van der Waals surface area contributed by atoms with Crippen LogP contribution in [0.3, 0.4) is 0 Å². The van der Waals surface area contributed by atoms with Crippen LogP contribution in [-0.2, 0) is 16.1 Å². The van der Waals surface area contributed by atoms with E-state index >= 15 is 0 Å². The highest BCUT2D eigenvalue weighted by molar-refractivity contribution is 8.00. The van der Waals surface area contributed by atoms with E-state index in [0.29, 0.717) is 22.6 Å². The monoisotopic (exact) mass is 654 g/mol. The van der Waals surface area contributed by atoms with Crippen molar-refractivity contribution >= 4 is 68.7 Å². The number of benzene rings is 5. The van der Waals surface area contributed by atoms with Crippen LogP contribution in [0.4, 0.5) is 11.4 Å². The number of para-hydroxylation sites is 1. The molecular formula is C39H34N4O4S. The van der Waals surface area contributed by atoms with Gasteiger partial charge < -0.3 is 25.3 Å². The van der Waals surface area contributed by atoms with Gasteiger partial charge in [0.05, 0.1) is 12.9 Å². The number of nitrogens with zero attached hydrogens (tertiary/aromatic N) is 1. The summed E-state index contributed by atoms with van der Waals surface area (Å²) in [6.07, 6.45) is 1.61. The summed E-state index contributed by atoms with van der Waals surface area (Å²) in [6, 6.07) is 37.4. The van der Waals surface area contributed by atoms with Crippen LogP contribution in [0.5, 0.6) is 5.75 Å². The average Bonchev–Trinajstić information content (AvgIpc) is 3.44. The molecule has 0 saturated heterocycles. The zero-order valence-corrected chi connectivity index (χ0v) is 27.3. The average molecular weight is 655 g/mol. The maximum absolute atomic E-state index is 13.4. The van der Waals surface area contributed by atoms with E-state index in [0.717, 1.165) is 33.4 Å². The molecule has 0 aliphatic heterocycles. The van der Waals surface area contributed by atoms with Crippen LogP contribution in [0, 0.1) is 0 Å². The van der Waals surface area contributed by atoms with Crippen LogP contribution in [0.15, 0.2) is 132 Å². The van der Waals surface area contributed by atoms with Crippen LogP contribution in [0.1, 0.15) is 22.8 Å². The Kier molecular flexibility index (Phi) is 9.88. The van der Waals surface area contributed by atoms with Crippen LogP contribution in [0.2, 0.25) is 0 Å². The molecule has 1 aromatic heterocycles. The second kappa shape index (κ2) is 14.7. The molecule has 0 saturated carbocycles. The number of fused-ring (bicyclic) bond motifs is 3. The number of hydrogen-bond acceptors (Lipinski definition) is 5. The summed E-state index contributed by atoms with van der Waals surface area (Å²) >= 11 is 1.40. The van der Waals surface area contributed by atoms with Crippen molar-refractivity contribution in [2.75, 3.05) is 23.5 Å². The van der Waals surface area contributed by atoms with Crippen molar-refractivity contribution in [2.24, 2.45) is 0 Å². The quantitative estimate of drug-likeness (QED) is 0.0972. The van der Waals surface area contributed by atoms with Gasteiger partial charge in [0.25, 0.3) is 11.8 Å². The number of amides is 3. The van der Waals surface area contributed by atoms with Gasteiger partial charge in [-0.05, 0) is 91.4 Å². The van der Waals surface area contributed by atoms with Crippen molar-refractivity contribution in [1.29, 1.82) is 0 Å². The summed E-state index contributed by atoms with van der Waals surface area (Å²) < 4.78 is 7.50. The Labute approximate surface area is 282 Å². The maximum Gasteiger partial charge on any atom is 0.272 e. The standard InChI is InChI=1S/C39H34N4O4S/c1-3-43-35-12-8-7-11-32(35)33-24-29(17-22-36(33)43)40-37(44)25-48-31-20-15-28(16-21-31)41-39(46)34(23-26-13-18-30(47-2)19-14-26)42-38(45)27-9-5-4-6-10-27/h4-24H,3,25H2,1-2H3,(H,40,44)(H,41,46)(H,42,45)/b34-23-. The summed E-state index contributed by atoms with van der Waals surface area (Å²) in [5.41, 5.74) is 4.84. The molecule has 48 heavy (non-hydrogen) atoms. The van der Waals surface area contributed by atoms with Crippen LogP contribution >= 0.6 is 11.8 Å². The SMILES string of the molecule is CCn1c2ccccc2c2cc(NC(=O)CSc3ccc(NC(=O)/C(=C/c4ccc(OC)cc4)NC(=O)c4ccccc4)cc3)ccc21. The lowest BCUT2D eigenvalue weighted by molar-refractivity contribution is -0.114. The van der Waals surface area contributed by atoms with Gasteiger partial charge >= 0.3 is 0 Å². The second-order valence-corrected chi connectivity index (χ2v) is 12.0. The molecule has 8 nitrogen and oxygen atoms in total. The number of methoxy groups -OCH3 is 1. The first-order valence-corrected chi connectivity index (χ1v) is 16.5. The first-order chi connectivity index (χ1) is 23.4. The summed E-state index contributed by atoms with van der Waals surface area (Å²) in [5, 5.41) is 10.9. The number of carbonyl (C=O) groups is 3. The minimum Gasteiger partial charge on any atom is -0.497 e. The minimum atomic E-state index is -0.478. The van der Waals surface area contributed by atoms with E-state index < -0.39 is 11.8 Å². The van der Waals surface area contributed by atoms with Gasteiger partial charge in [0.1, 0.15) is 11.4 Å². The fourth-order valence-electron chi connectivity index (χ4n) is 5.46. The number of anilines is 2. The van der Waals surface area contributed by atoms with Crippen LogP contribution in [0.25, 0.3) is 27.9 Å². The first kappa shape index (κ1) is 32.2. The van der Waals surface area contributed by atoms with Gasteiger partial charge in [-0.3, -0.25) is 14.4 Å². The highest BCUT2D eigenvalue weighted by atomic mass is 32.2. The van der Waals surface area contributed by atoms with Crippen LogP contribution < -0.4 is 20.7 Å². The summed E-state index contributed by atoms with van der Waals surface area (Å²) in [5.74, 6) is -0.0870. The third-order valence-electron chi connectivity index (χ3n) is 7.81. The topological polar surface area (TPSA) is 101 Å². The van der Waals surface area contributed by atoms with Gasteiger partial charge in [0, 0.05) is 50.2 Å². The molecule has 0 fully saturated rings. The summed E-state index contributed by atoms with van der Waals surface area (Å²) in [4.78, 5) is 40.0. The predicted molar refractivity (Wildman–Crippen MR) is 194 cm³/mol. The summed E-state index contributed by atoms with van der Waals surface area (Å²) in [6.45, 7) is 2.99. The molecule has 240 valence electrons. The number of carbonyl (C=O) groups excluding carboxylic acids is 3.